The molecule has 0 aliphatic heterocycles. The first-order valence-electron chi connectivity index (χ1n) is 5.60. The molecule has 20 heavy (non-hydrogen) atoms. The Kier molecular flexibility index (Phi) is 3.72. The molecule has 0 fully saturated rings. The number of primary amides is 2. The number of amides is 2. The van der Waals surface area contributed by atoms with Gasteiger partial charge in [0.1, 0.15) is 5.82 Å². The molecule has 0 atom stereocenters. The van der Waals surface area contributed by atoms with Gasteiger partial charge in [0.25, 0.3) is 0 Å². The van der Waals surface area contributed by atoms with Crippen LogP contribution in [0.3, 0.4) is 0 Å². The summed E-state index contributed by atoms with van der Waals surface area (Å²) in [5, 5.41) is -0.128. The Bertz CT molecular complexity index is 684. The minimum atomic E-state index is -0.789. The summed E-state index contributed by atoms with van der Waals surface area (Å²) >= 11 is 5.72. The third-order valence-electron chi connectivity index (χ3n) is 2.82. The van der Waals surface area contributed by atoms with Crippen LogP contribution >= 0.6 is 11.6 Å². The molecule has 0 aromatic heterocycles. The van der Waals surface area contributed by atoms with Gasteiger partial charge in [-0.25, -0.2) is 4.39 Å². The van der Waals surface area contributed by atoms with E-state index in [0.29, 0.717) is 0 Å². The smallest absolute Gasteiger partial charge is 0.249 e. The number of hydrogen-bond acceptors (Lipinski definition) is 2. The summed E-state index contributed by atoms with van der Waals surface area (Å²) in [6, 6.07) is 8.50. The van der Waals surface area contributed by atoms with Gasteiger partial charge in [-0.1, -0.05) is 29.8 Å². The Labute approximate surface area is 119 Å². The highest BCUT2D eigenvalue weighted by molar-refractivity contribution is 6.31. The molecule has 0 aliphatic rings. The van der Waals surface area contributed by atoms with Gasteiger partial charge in [-0.3, -0.25) is 9.59 Å². The van der Waals surface area contributed by atoms with Crippen LogP contribution in [0.2, 0.25) is 5.02 Å². The molecular weight excluding hydrogens is 283 g/mol. The first-order valence-corrected chi connectivity index (χ1v) is 5.98. The van der Waals surface area contributed by atoms with E-state index in [4.69, 9.17) is 23.1 Å². The molecule has 2 aromatic rings. The van der Waals surface area contributed by atoms with Crippen molar-refractivity contribution in [2.24, 2.45) is 11.5 Å². The van der Waals surface area contributed by atoms with E-state index in [1.165, 1.54) is 36.4 Å². The summed E-state index contributed by atoms with van der Waals surface area (Å²) in [5.74, 6) is -2.32. The molecule has 0 spiro atoms. The normalized spacial score (nSPS) is 10.3. The van der Waals surface area contributed by atoms with E-state index >= 15 is 0 Å². The fourth-order valence-corrected chi connectivity index (χ4v) is 2.12. The highest BCUT2D eigenvalue weighted by atomic mass is 35.5. The molecule has 0 unspecified atom stereocenters. The van der Waals surface area contributed by atoms with Crippen LogP contribution in [0, 0.1) is 5.82 Å². The Balaban J connectivity index is 2.87. The average Bonchev–Trinajstić information content (AvgIpc) is 2.41. The molecule has 0 bridgehead atoms. The minimum Gasteiger partial charge on any atom is -0.366 e. The number of rotatable bonds is 3. The summed E-state index contributed by atoms with van der Waals surface area (Å²) in [6.07, 6.45) is 0. The van der Waals surface area contributed by atoms with Gasteiger partial charge in [-0.15, -0.1) is 0 Å². The molecule has 0 saturated heterocycles. The fraction of sp³-hybridized carbons (Fsp3) is 0. The van der Waals surface area contributed by atoms with E-state index < -0.39 is 17.6 Å². The van der Waals surface area contributed by atoms with Gasteiger partial charge in [0.05, 0.1) is 5.02 Å². The van der Waals surface area contributed by atoms with Crippen LogP contribution in [0.25, 0.3) is 11.1 Å². The number of nitrogens with two attached hydrogens (primary N) is 2. The van der Waals surface area contributed by atoms with Crippen molar-refractivity contribution in [1.29, 1.82) is 0 Å². The van der Waals surface area contributed by atoms with Gasteiger partial charge < -0.3 is 11.5 Å². The van der Waals surface area contributed by atoms with E-state index in [1.54, 1.807) is 0 Å². The Morgan fingerprint density at radius 2 is 1.45 bits per heavy atom. The van der Waals surface area contributed by atoms with Crippen LogP contribution < -0.4 is 11.5 Å². The summed E-state index contributed by atoms with van der Waals surface area (Å²) < 4.78 is 14.1. The van der Waals surface area contributed by atoms with Gasteiger partial charge in [-0.2, -0.15) is 0 Å². The van der Waals surface area contributed by atoms with Crippen molar-refractivity contribution in [3.05, 3.63) is 58.4 Å². The maximum atomic E-state index is 14.1. The number of carbonyl (C=O) groups is 2. The van der Waals surface area contributed by atoms with E-state index in [0.717, 1.165) is 0 Å². The summed E-state index contributed by atoms with van der Waals surface area (Å²) in [6.45, 7) is 0. The second-order valence-corrected chi connectivity index (χ2v) is 4.47. The predicted octanol–water partition coefficient (Wildman–Crippen LogP) is 2.34. The average molecular weight is 293 g/mol. The lowest BCUT2D eigenvalue weighted by Gasteiger charge is -2.12. The monoisotopic (exact) mass is 292 g/mol. The summed E-state index contributed by atoms with van der Waals surface area (Å²) in [4.78, 5) is 23.0. The molecule has 2 aromatic carbocycles. The lowest BCUT2D eigenvalue weighted by molar-refractivity contribution is 0.0999. The van der Waals surface area contributed by atoms with Crippen LogP contribution in [0.15, 0.2) is 36.4 Å². The number of benzene rings is 2. The standard InChI is InChI=1S/C14H10ClFN2O2/c15-10-6-2-3-7(12(10)16)11-8(13(17)19)4-1-5-9(11)14(18)20/h1-6H,(H2,17,19)(H2,18,20). The van der Waals surface area contributed by atoms with Crippen molar-refractivity contribution >= 4 is 23.4 Å². The molecule has 0 heterocycles. The number of hydrogen-bond donors (Lipinski definition) is 2. The molecule has 0 saturated carbocycles. The minimum absolute atomic E-state index is 0.000648. The largest absolute Gasteiger partial charge is 0.366 e. The van der Waals surface area contributed by atoms with Crippen LogP contribution in [0.1, 0.15) is 20.7 Å². The topological polar surface area (TPSA) is 86.2 Å². The Hall–Kier alpha value is -2.40. The van der Waals surface area contributed by atoms with Crippen molar-refractivity contribution in [1.82, 2.24) is 0 Å². The SMILES string of the molecule is NC(=O)c1cccc(C(N)=O)c1-c1cccc(Cl)c1F. The fourth-order valence-electron chi connectivity index (χ4n) is 1.95. The lowest BCUT2D eigenvalue weighted by Crippen LogP contribution is -2.18. The molecule has 0 aliphatic carbocycles. The second-order valence-electron chi connectivity index (χ2n) is 4.06. The molecular formula is C14H10ClFN2O2. The zero-order valence-corrected chi connectivity index (χ0v) is 10.9. The first-order chi connectivity index (χ1) is 9.43. The molecule has 0 radical (unpaired) electrons. The maximum absolute atomic E-state index is 14.1. The zero-order valence-electron chi connectivity index (χ0n) is 10.2. The van der Waals surface area contributed by atoms with E-state index in [1.807, 2.05) is 0 Å². The maximum Gasteiger partial charge on any atom is 0.249 e. The first kappa shape index (κ1) is 14.0. The third kappa shape index (κ3) is 2.35. The second kappa shape index (κ2) is 5.30. The highest BCUT2D eigenvalue weighted by Gasteiger charge is 2.20. The van der Waals surface area contributed by atoms with Crippen molar-refractivity contribution in [2.45, 2.75) is 0 Å². The van der Waals surface area contributed by atoms with Crippen LogP contribution in [-0.4, -0.2) is 11.8 Å². The molecule has 102 valence electrons. The predicted molar refractivity (Wildman–Crippen MR) is 73.9 cm³/mol. The summed E-state index contributed by atoms with van der Waals surface area (Å²) in [5.41, 5.74) is 10.6. The van der Waals surface area contributed by atoms with E-state index in [2.05, 4.69) is 0 Å². The lowest BCUT2D eigenvalue weighted by atomic mass is 9.93. The van der Waals surface area contributed by atoms with E-state index in [9.17, 15) is 14.0 Å². The van der Waals surface area contributed by atoms with Gasteiger partial charge in [-0.05, 0) is 18.2 Å². The molecule has 4 N–H and O–H groups in total. The van der Waals surface area contributed by atoms with Crippen LogP contribution in [0.5, 0.6) is 0 Å². The van der Waals surface area contributed by atoms with Gasteiger partial charge in [0.2, 0.25) is 11.8 Å². The van der Waals surface area contributed by atoms with Gasteiger partial charge in [0, 0.05) is 22.3 Å². The van der Waals surface area contributed by atoms with E-state index in [-0.39, 0.29) is 27.3 Å². The Morgan fingerprint density at radius 3 is 1.95 bits per heavy atom. The van der Waals surface area contributed by atoms with Crippen molar-refractivity contribution in [3.8, 4) is 11.1 Å². The summed E-state index contributed by atoms with van der Waals surface area (Å²) in [7, 11) is 0. The Morgan fingerprint density at radius 1 is 0.950 bits per heavy atom. The molecule has 6 heteroatoms. The molecule has 2 amide bonds. The number of halogens is 2. The number of carbonyl (C=O) groups excluding carboxylic acids is 2. The molecule has 2 rings (SSSR count). The van der Waals surface area contributed by atoms with Gasteiger partial charge in [0.15, 0.2) is 0 Å². The van der Waals surface area contributed by atoms with Crippen LogP contribution in [-0.2, 0) is 0 Å². The van der Waals surface area contributed by atoms with Crippen LogP contribution in [0.4, 0.5) is 4.39 Å². The zero-order chi connectivity index (χ0) is 14.9. The third-order valence-corrected chi connectivity index (χ3v) is 3.11. The quantitative estimate of drug-likeness (QED) is 0.909. The van der Waals surface area contributed by atoms with Gasteiger partial charge >= 0.3 is 0 Å². The molecule has 4 nitrogen and oxygen atoms in total. The van der Waals surface area contributed by atoms with Crippen molar-refractivity contribution < 1.29 is 14.0 Å². The highest BCUT2D eigenvalue weighted by Crippen LogP contribution is 2.32. The van der Waals surface area contributed by atoms with Crippen molar-refractivity contribution in [2.75, 3.05) is 0 Å². The van der Waals surface area contributed by atoms with Crippen molar-refractivity contribution in [3.63, 3.8) is 0 Å².